The fourth-order valence-corrected chi connectivity index (χ4v) is 1.59. The molecule has 0 aliphatic carbocycles. The summed E-state index contributed by atoms with van der Waals surface area (Å²) in [4.78, 5) is 6.65. The van der Waals surface area contributed by atoms with Gasteiger partial charge in [0.25, 0.3) is 0 Å². The molecular formula is C12H24N4O. The predicted octanol–water partition coefficient (Wildman–Crippen LogP) is 1.88. The molecule has 0 aromatic carbocycles. The van der Waals surface area contributed by atoms with Crippen molar-refractivity contribution in [2.45, 2.75) is 59.2 Å². The smallest absolute Gasteiger partial charge is 0.240 e. The monoisotopic (exact) mass is 240 g/mol. The Kier molecular flexibility index (Phi) is 4.65. The van der Waals surface area contributed by atoms with E-state index >= 15 is 0 Å². The molecule has 2 N–H and O–H groups in total. The van der Waals surface area contributed by atoms with E-state index in [2.05, 4.69) is 35.8 Å². The molecule has 0 aliphatic heterocycles. The highest BCUT2D eigenvalue weighted by Crippen LogP contribution is 2.14. The van der Waals surface area contributed by atoms with Crippen molar-refractivity contribution < 1.29 is 4.52 Å². The first-order valence-corrected chi connectivity index (χ1v) is 6.24. The summed E-state index contributed by atoms with van der Waals surface area (Å²) < 4.78 is 5.24. The van der Waals surface area contributed by atoms with E-state index in [1.165, 1.54) is 0 Å². The fraction of sp³-hybridized carbons (Fsp3) is 0.833. The molecule has 1 aromatic heterocycles. The summed E-state index contributed by atoms with van der Waals surface area (Å²) in [6.45, 7) is 11.9. The van der Waals surface area contributed by atoms with Crippen molar-refractivity contribution in [1.82, 2.24) is 15.0 Å². The van der Waals surface area contributed by atoms with Crippen molar-refractivity contribution in [3.63, 3.8) is 0 Å². The summed E-state index contributed by atoms with van der Waals surface area (Å²) in [5.41, 5.74) is 5.37. The van der Waals surface area contributed by atoms with E-state index in [0.717, 1.165) is 13.0 Å². The van der Waals surface area contributed by atoms with Gasteiger partial charge in [-0.1, -0.05) is 19.0 Å². The van der Waals surface area contributed by atoms with E-state index in [1.54, 1.807) is 0 Å². The Balaban J connectivity index is 2.71. The Morgan fingerprint density at radius 1 is 1.41 bits per heavy atom. The number of hydrogen-bond donors (Lipinski definition) is 1. The third kappa shape index (κ3) is 3.78. The maximum atomic E-state index is 5.92. The minimum Gasteiger partial charge on any atom is -0.338 e. The molecule has 0 aliphatic rings. The second kappa shape index (κ2) is 5.60. The van der Waals surface area contributed by atoms with Crippen LogP contribution < -0.4 is 5.73 Å². The standard InChI is InChI=1S/C12H24N4O/c1-6-9(3)16(7-2)8-10-14-11(15-17-10)12(4,5)13/h9H,6-8,13H2,1-5H3. The van der Waals surface area contributed by atoms with Crippen LogP contribution in [0.4, 0.5) is 0 Å². The molecule has 0 saturated carbocycles. The van der Waals surface area contributed by atoms with E-state index < -0.39 is 5.54 Å². The number of nitrogens with two attached hydrogens (primary N) is 1. The molecular weight excluding hydrogens is 216 g/mol. The van der Waals surface area contributed by atoms with Crippen molar-refractivity contribution in [3.05, 3.63) is 11.7 Å². The molecule has 1 heterocycles. The Morgan fingerprint density at radius 3 is 2.47 bits per heavy atom. The molecule has 5 nitrogen and oxygen atoms in total. The molecule has 0 amide bonds. The van der Waals surface area contributed by atoms with Crippen LogP contribution in [0, 0.1) is 0 Å². The summed E-state index contributed by atoms with van der Waals surface area (Å²) in [6, 6.07) is 0.515. The molecule has 1 rings (SSSR count). The predicted molar refractivity (Wildman–Crippen MR) is 67.3 cm³/mol. The molecule has 1 unspecified atom stereocenters. The van der Waals surface area contributed by atoms with Gasteiger partial charge in [0.2, 0.25) is 5.89 Å². The van der Waals surface area contributed by atoms with E-state index in [0.29, 0.717) is 24.3 Å². The van der Waals surface area contributed by atoms with Gasteiger partial charge >= 0.3 is 0 Å². The second-order valence-corrected chi connectivity index (χ2v) is 5.05. The summed E-state index contributed by atoms with van der Waals surface area (Å²) in [5.74, 6) is 1.20. The third-order valence-corrected chi connectivity index (χ3v) is 3.00. The van der Waals surface area contributed by atoms with Crippen LogP contribution in [-0.4, -0.2) is 27.6 Å². The lowest BCUT2D eigenvalue weighted by Crippen LogP contribution is -2.32. The van der Waals surface area contributed by atoms with E-state index in [-0.39, 0.29) is 0 Å². The summed E-state index contributed by atoms with van der Waals surface area (Å²) in [6.07, 6.45) is 1.11. The third-order valence-electron chi connectivity index (χ3n) is 3.00. The zero-order chi connectivity index (χ0) is 13.1. The summed E-state index contributed by atoms with van der Waals surface area (Å²) in [5, 5.41) is 3.92. The van der Waals surface area contributed by atoms with Gasteiger partial charge in [0, 0.05) is 6.04 Å². The van der Waals surface area contributed by atoms with Gasteiger partial charge in [0.05, 0.1) is 12.1 Å². The minimum absolute atomic E-state index is 0.515. The van der Waals surface area contributed by atoms with Gasteiger partial charge < -0.3 is 10.3 Å². The molecule has 0 saturated heterocycles. The van der Waals surface area contributed by atoms with Gasteiger partial charge in [-0.15, -0.1) is 0 Å². The van der Waals surface area contributed by atoms with Crippen molar-refractivity contribution >= 4 is 0 Å². The maximum absolute atomic E-state index is 5.92. The van der Waals surface area contributed by atoms with Gasteiger partial charge in [-0.25, -0.2) is 0 Å². The Labute approximate surface area is 103 Å². The SMILES string of the molecule is CCC(C)N(CC)Cc1nc(C(C)(C)N)no1. The molecule has 1 aromatic rings. The van der Waals surface area contributed by atoms with Crippen LogP contribution in [0.2, 0.25) is 0 Å². The van der Waals surface area contributed by atoms with E-state index in [4.69, 9.17) is 10.3 Å². The number of rotatable bonds is 6. The highest BCUT2D eigenvalue weighted by Gasteiger charge is 2.22. The lowest BCUT2D eigenvalue weighted by molar-refractivity contribution is 0.179. The lowest BCUT2D eigenvalue weighted by Gasteiger charge is -2.24. The van der Waals surface area contributed by atoms with Crippen molar-refractivity contribution in [2.75, 3.05) is 6.54 Å². The van der Waals surface area contributed by atoms with Crippen LogP contribution in [0.1, 0.15) is 52.8 Å². The van der Waals surface area contributed by atoms with Crippen LogP contribution in [0.3, 0.4) is 0 Å². The average molecular weight is 240 g/mol. The average Bonchev–Trinajstić information content (AvgIpc) is 2.73. The highest BCUT2D eigenvalue weighted by molar-refractivity contribution is 4.99. The maximum Gasteiger partial charge on any atom is 0.240 e. The first-order chi connectivity index (χ1) is 7.88. The van der Waals surface area contributed by atoms with Crippen molar-refractivity contribution in [2.24, 2.45) is 5.73 Å². The minimum atomic E-state index is -0.546. The molecule has 0 radical (unpaired) electrons. The Hall–Kier alpha value is -0.940. The number of nitrogens with zero attached hydrogens (tertiary/aromatic N) is 3. The summed E-state index contributed by atoms with van der Waals surface area (Å²) >= 11 is 0. The molecule has 98 valence electrons. The summed E-state index contributed by atoms with van der Waals surface area (Å²) in [7, 11) is 0. The van der Waals surface area contributed by atoms with Gasteiger partial charge in [-0.2, -0.15) is 4.98 Å². The zero-order valence-electron chi connectivity index (χ0n) is 11.5. The Bertz CT molecular complexity index is 343. The van der Waals surface area contributed by atoms with Crippen LogP contribution in [-0.2, 0) is 12.1 Å². The first-order valence-electron chi connectivity index (χ1n) is 6.24. The van der Waals surface area contributed by atoms with Gasteiger partial charge in [0.15, 0.2) is 5.82 Å². The molecule has 0 fully saturated rings. The largest absolute Gasteiger partial charge is 0.338 e. The number of hydrogen-bond acceptors (Lipinski definition) is 5. The quantitative estimate of drug-likeness (QED) is 0.822. The molecule has 5 heteroatoms. The highest BCUT2D eigenvalue weighted by atomic mass is 16.5. The van der Waals surface area contributed by atoms with Crippen LogP contribution in [0.25, 0.3) is 0 Å². The van der Waals surface area contributed by atoms with Gasteiger partial charge in [-0.3, -0.25) is 4.90 Å². The van der Waals surface area contributed by atoms with E-state index in [1.807, 2.05) is 13.8 Å². The lowest BCUT2D eigenvalue weighted by atomic mass is 10.1. The normalized spacial score (nSPS) is 14.3. The van der Waals surface area contributed by atoms with Gasteiger partial charge in [-0.05, 0) is 33.7 Å². The molecule has 17 heavy (non-hydrogen) atoms. The van der Waals surface area contributed by atoms with Crippen molar-refractivity contribution in [1.29, 1.82) is 0 Å². The fourth-order valence-electron chi connectivity index (χ4n) is 1.59. The zero-order valence-corrected chi connectivity index (χ0v) is 11.5. The molecule has 0 spiro atoms. The molecule has 1 atom stereocenters. The van der Waals surface area contributed by atoms with Crippen LogP contribution >= 0.6 is 0 Å². The Morgan fingerprint density at radius 2 is 2.06 bits per heavy atom. The van der Waals surface area contributed by atoms with Crippen LogP contribution in [0.5, 0.6) is 0 Å². The second-order valence-electron chi connectivity index (χ2n) is 5.05. The topological polar surface area (TPSA) is 68.2 Å². The number of aromatic nitrogens is 2. The van der Waals surface area contributed by atoms with Crippen LogP contribution in [0.15, 0.2) is 4.52 Å². The van der Waals surface area contributed by atoms with Crippen molar-refractivity contribution in [3.8, 4) is 0 Å². The first kappa shape index (κ1) is 14.1. The molecule has 0 bridgehead atoms. The van der Waals surface area contributed by atoms with Gasteiger partial charge in [0.1, 0.15) is 0 Å². The van der Waals surface area contributed by atoms with E-state index in [9.17, 15) is 0 Å².